The molecule has 0 radical (unpaired) electrons. The van der Waals surface area contributed by atoms with Crippen LogP contribution in [0.5, 0.6) is 17.2 Å². The summed E-state index contributed by atoms with van der Waals surface area (Å²) in [5.41, 5.74) is -2.03. The van der Waals surface area contributed by atoms with Crippen molar-refractivity contribution < 1.29 is 32.7 Å². The lowest BCUT2D eigenvalue weighted by Gasteiger charge is -2.36. The van der Waals surface area contributed by atoms with Crippen LogP contribution in [0.1, 0.15) is 23.3 Å². The fourth-order valence-corrected chi connectivity index (χ4v) is 13.7. The van der Waals surface area contributed by atoms with Gasteiger partial charge in [-0.1, -0.05) is 182 Å². The first kappa shape index (κ1) is 20.9. The zero-order chi connectivity index (χ0) is 53.7. The summed E-state index contributed by atoms with van der Waals surface area (Å²) in [5.74, 6) is -1.27. The molecule has 0 atom stereocenters. The lowest BCUT2D eigenvalue weighted by Crippen LogP contribution is -2.75. The summed E-state index contributed by atoms with van der Waals surface area (Å²) in [5, 5.41) is 3.03. The topological polar surface area (TPSA) is 23.4 Å². The van der Waals surface area contributed by atoms with E-state index in [9.17, 15) is 11.0 Å². The zero-order valence-electron chi connectivity index (χ0n) is 47.8. The molecule has 3 nitrogen and oxygen atoms in total. The summed E-state index contributed by atoms with van der Waals surface area (Å²) in [6.45, 7) is -1.65. The molecule has 0 N–H and O–H groups in total. The van der Waals surface area contributed by atoms with E-state index in [0.29, 0.717) is 5.56 Å². The van der Waals surface area contributed by atoms with Crippen molar-refractivity contribution in [3.8, 4) is 45.2 Å². The van der Waals surface area contributed by atoms with Crippen LogP contribution in [0.2, 0.25) is 0 Å². The van der Waals surface area contributed by atoms with Gasteiger partial charge in [0, 0.05) is 33.3 Å². The number of para-hydroxylation sites is 3. The van der Waals surface area contributed by atoms with E-state index < -0.39 is 146 Å². The molecule has 12 rings (SSSR count). The highest BCUT2D eigenvalue weighted by Crippen LogP contribution is 2.42. The Morgan fingerprint density at radius 2 is 1.05 bits per heavy atom. The van der Waals surface area contributed by atoms with Crippen LogP contribution in [-0.4, -0.2) is 19.6 Å². The minimum atomic E-state index is -3.42. The molecule has 3 heterocycles. The van der Waals surface area contributed by atoms with Crippen molar-refractivity contribution in [1.82, 2.24) is 4.57 Å². The molecule has 0 saturated carbocycles. The number of rotatable bonds is 6. The number of benzene rings is 9. The normalized spacial score (nSPS) is 16.7. The van der Waals surface area contributed by atoms with Crippen LogP contribution in [-0.2, 0) is 0 Å². The number of aromatic nitrogens is 1. The molecule has 0 saturated heterocycles. The minimum absolute atomic E-state index is 0.0147. The Balaban J connectivity index is 1.21. The maximum atomic E-state index is 10.2. The Morgan fingerprint density at radius 1 is 0.475 bits per heavy atom. The van der Waals surface area contributed by atoms with E-state index in [1.54, 1.807) is 12.1 Å². The first-order valence-electron chi connectivity index (χ1n) is 27.4. The maximum Gasteiger partial charge on any atom is 0.434 e. The molecule has 0 unspecified atom stereocenters. The van der Waals surface area contributed by atoms with Gasteiger partial charge in [-0.3, -0.25) is 0 Å². The van der Waals surface area contributed by atoms with Gasteiger partial charge in [-0.2, -0.15) is 0 Å². The quantitative estimate of drug-likeness (QED) is 0.124. The second kappa shape index (κ2) is 13.4. The Hall–Kier alpha value is -7.34. The number of hydrogen-bond acceptors (Lipinski definition) is 2. The molecule has 5 heteroatoms. The van der Waals surface area contributed by atoms with Crippen molar-refractivity contribution >= 4 is 68.5 Å². The maximum absolute atomic E-state index is 10.2. The smallest absolute Gasteiger partial charge is 0.434 e. The van der Waals surface area contributed by atoms with Crippen LogP contribution >= 0.6 is 0 Å². The molecule has 2 aliphatic rings. The van der Waals surface area contributed by atoms with Crippen LogP contribution in [0.3, 0.4) is 0 Å². The minimum Gasteiger partial charge on any atom is -0.551 e. The fraction of sp³-hybridized carbons (Fsp3) is 0. The van der Waals surface area contributed by atoms with Gasteiger partial charge < -0.3 is 14.0 Å². The van der Waals surface area contributed by atoms with Crippen molar-refractivity contribution in [3.63, 3.8) is 0 Å². The van der Waals surface area contributed by atoms with E-state index in [1.165, 1.54) is 0 Å². The van der Waals surface area contributed by atoms with Crippen molar-refractivity contribution in [3.05, 3.63) is 218 Å². The van der Waals surface area contributed by atoms with Gasteiger partial charge in [0.05, 0.1) is 40.0 Å². The summed E-state index contributed by atoms with van der Waals surface area (Å²) in [7, 11) is -3.42. The highest BCUT2D eigenvalue weighted by Gasteiger charge is 2.44. The van der Waals surface area contributed by atoms with Gasteiger partial charge in [-0.25, -0.2) is 0 Å². The van der Waals surface area contributed by atoms with Crippen molar-refractivity contribution in [2.45, 2.75) is 0 Å². The molecule has 0 bridgehead atoms. The van der Waals surface area contributed by atoms with Crippen LogP contribution < -0.4 is 41.1 Å². The molecule has 59 heavy (non-hydrogen) atoms. The van der Waals surface area contributed by atoms with Crippen molar-refractivity contribution in [1.29, 1.82) is 0 Å². The average Bonchev–Trinajstić information content (AvgIpc) is 4.00. The van der Waals surface area contributed by atoms with Crippen LogP contribution in [0.15, 0.2) is 218 Å². The van der Waals surface area contributed by atoms with E-state index in [-0.39, 0.29) is 44.1 Å². The zero-order valence-corrected chi connectivity index (χ0v) is 31.8. The van der Waals surface area contributed by atoms with E-state index in [4.69, 9.17) is 21.7 Å². The van der Waals surface area contributed by atoms with E-state index in [2.05, 4.69) is 36.4 Å². The lowest BCUT2D eigenvalue weighted by atomic mass is 9.50. The summed E-state index contributed by atoms with van der Waals surface area (Å²) >= 11 is 0. The summed E-state index contributed by atoms with van der Waals surface area (Å²) in [4.78, 5) is 0. The van der Waals surface area contributed by atoms with Crippen LogP contribution in [0, 0.1) is 0 Å². The number of ether oxygens (including phenoxy) is 1. The Bertz CT molecular complexity index is 4050. The van der Waals surface area contributed by atoms with Gasteiger partial charge in [0.2, 0.25) is 0 Å². The summed E-state index contributed by atoms with van der Waals surface area (Å²) in [6, 6.07) is 26.1. The monoisotopic (exact) mass is 786 g/mol. The van der Waals surface area contributed by atoms with E-state index >= 15 is 0 Å². The summed E-state index contributed by atoms with van der Waals surface area (Å²) in [6.07, 6.45) is 0. The number of fused-ring (bicyclic) bond motifs is 7. The molecule has 276 valence electrons. The second-order valence-electron chi connectivity index (χ2n) is 14.2. The molecule has 10 aromatic rings. The van der Waals surface area contributed by atoms with Crippen molar-refractivity contribution in [2.75, 3.05) is 0 Å². The van der Waals surface area contributed by atoms with Gasteiger partial charge in [-0.15, -0.1) is 0 Å². The lowest BCUT2D eigenvalue weighted by molar-refractivity contribution is 0.479. The Labute approximate surface area is 368 Å². The third-order valence-corrected chi connectivity index (χ3v) is 16.0. The third kappa shape index (κ3) is 5.08. The molecule has 1 aromatic heterocycles. The van der Waals surface area contributed by atoms with Gasteiger partial charge in [-0.05, 0) is 67.6 Å². The first-order valence-corrected chi connectivity index (χ1v) is 20.9. The second-order valence-corrected chi connectivity index (χ2v) is 18.0. The standard InChI is InChI=1S/C54H36BNO2Si/c1-4-18-39(19-5-1)59(40-20-6-2-7-21-40,41-22-8-3-9-23-41)53-31-17-13-24-42(53)37-32-33-47-51(34-37)57-52-36-38(35-46-45-27-12-16-30-50(45)58-55(47)54(46)52)56-48-28-14-10-25-43(48)44-26-11-15-29-49(44)56/h1-36H/i10D,11D,12D,14D,15D,16D,25D,26D,27D,28D,29D,30D,32D,33D,34D,35D,36D. The van der Waals surface area contributed by atoms with Gasteiger partial charge in [0.25, 0.3) is 0 Å². The molecule has 9 aromatic carbocycles. The number of nitrogens with zero attached hydrogens (tertiary/aromatic N) is 1. The Kier molecular flexibility index (Phi) is 4.74. The highest BCUT2D eigenvalue weighted by molar-refractivity contribution is 7.20. The molecular weight excluding hydrogens is 733 g/mol. The first-order chi connectivity index (χ1) is 36.4. The van der Waals surface area contributed by atoms with Crippen LogP contribution in [0.4, 0.5) is 0 Å². The largest absolute Gasteiger partial charge is 0.551 e. The molecule has 0 aliphatic carbocycles. The van der Waals surface area contributed by atoms with Gasteiger partial charge >= 0.3 is 6.92 Å². The SMILES string of the molecule is [2H]c1c([2H])c([2H])c2c(c1[2H])OB1c3c([2H])c([2H])c(-c4ccccc4[Si](c4ccccc4)(c4ccccc4)c4ccccc4)c([2H])c3Oc3c([2H])c(-n4c5c([2H])c([2H])c([2H])c([2H])c5c5c([2H])c([2H])c([2H])c([2H])c54)c([2H])c-2c31. The predicted molar refractivity (Wildman–Crippen MR) is 247 cm³/mol. The van der Waals surface area contributed by atoms with E-state index in [0.717, 1.165) is 25.3 Å². The molecular formula is C54H36BNO2Si. The van der Waals surface area contributed by atoms with Gasteiger partial charge in [0.15, 0.2) is 8.07 Å². The van der Waals surface area contributed by atoms with Crippen molar-refractivity contribution in [2.24, 2.45) is 0 Å². The van der Waals surface area contributed by atoms with Crippen LogP contribution in [0.25, 0.3) is 49.7 Å². The highest BCUT2D eigenvalue weighted by atomic mass is 28.3. The molecule has 0 amide bonds. The fourth-order valence-electron chi connectivity index (χ4n) is 8.69. The molecule has 0 spiro atoms. The summed E-state index contributed by atoms with van der Waals surface area (Å²) < 4.78 is 172. The predicted octanol–water partition coefficient (Wildman–Crippen LogP) is 9.10. The van der Waals surface area contributed by atoms with Gasteiger partial charge in [0.1, 0.15) is 17.2 Å². The number of hydrogen-bond donors (Lipinski definition) is 0. The average molecular weight is 787 g/mol. The Morgan fingerprint density at radius 3 is 1.71 bits per heavy atom. The third-order valence-electron chi connectivity index (χ3n) is 11.1. The molecule has 0 fully saturated rings. The molecule has 2 aliphatic heterocycles. The van der Waals surface area contributed by atoms with E-state index in [1.807, 2.05) is 66.7 Å².